The highest BCUT2D eigenvalue weighted by molar-refractivity contribution is 6.10. The lowest BCUT2D eigenvalue weighted by atomic mass is 9.93. The van der Waals surface area contributed by atoms with E-state index < -0.39 is 0 Å². The third-order valence-corrected chi connectivity index (χ3v) is 3.78. The summed E-state index contributed by atoms with van der Waals surface area (Å²) in [6.07, 6.45) is 1.000. The van der Waals surface area contributed by atoms with E-state index in [1.54, 1.807) is 0 Å². The number of nitrogen functional groups attached to an aromatic ring is 1. The average Bonchev–Trinajstić information content (AvgIpc) is 2.76. The van der Waals surface area contributed by atoms with Gasteiger partial charge in [-0.25, -0.2) is 0 Å². The van der Waals surface area contributed by atoms with Gasteiger partial charge in [0.1, 0.15) is 5.56 Å². The molecule has 1 aliphatic rings. The van der Waals surface area contributed by atoms with E-state index in [9.17, 15) is 4.79 Å². The van der Waals surface area contributed by atoms with Gasteiger partial charge in [-0.1, -0.05) is 25.1 Å². The van der Waals surface area contributed by atoms with Crippen LogP contribution >= 0.6 is 0 Å². The van der Waals surface area contributed by atoms with E-state index in [-0.39, 0.29) is 11.7 Å². The maximum Gasteiger partial charge on any atom is 0.263 e. The maximum atomic E-state index is 12.8. The van der Waals surface area contributed by atoms with Crippen molar-refractivity contribution >= 4 is 17.4 Å². The fourth-order valence-corrected chi connectivity index (χ4v) is 2.84. The van der Waals surface area contributed by atoms with Gasteiger partial charge in [0.2, 0.25) is 0 Å². The zero-order valence-electron chi connectivity index (χ0n) is 11.7. The molecule has 2 heterocycles. The van der Waals surface area contributed by atoms with Gasteiger partial charge in [-0.05, 0) is 30.9 Å². The number of amides is 1. The Bertz CT molecular complexity index is 642. The van der Waals surface area contributed by atoms with Crippen molar-refractivity contribution in [3.8, 4) is 0 Å². The summed E-state index contributed by atoms with van der Waals surface area (Å²) in [6.45, 7) is 4.68. The number of nitrogens with two attached hydrogens (primary N) is 1. The van der Waals surface area contributed by atoms with Crippen molar-refractivity contribution in [2.24, 2.45) is 5.92 Å². The monoisotopic (exact) mass is 270 g/mol. The molecule has 0 fully saturated rings. The van der Waals surface area contributed by atoms with Crippen molar-refractivity contribution in [3.63, 3.8) is 0 Å². The molecule has 104 valence electrons. The molecule has 0 aliphatic carbocycles. The number of anilines is 2. The molecule has 0 saturated heterocycles. The molecule has 3 rings (SSSR count). The van der Waals surface area contributed by atoms with Crippen molar-refractivity contribution in [2.45, 2.75) is 20.3 Å². The predicted molar refractivity (Wildman–Crippen MR) is 78.7 cm³/mol. The number of fused-ring (bicyclic) bond motifs is 1. The van der Waals surface area contributed by atoms with Crippen LogP contribution in [-0.4, -0.2) is 22.6 Å². The predicted octanol–water partition coefficient (Wildman–Crippen LogP) is 2.14. The van der Waals surface area contributed by atoms with Gasteiger partial charge >= 0.3 is 0 Å². The number of carbonyl (C=O) groups is 1. The SMILES string of the molecule is Cc1[nH]nc(N)c1C(=O)N1CC(C)Cc2ccccc21. The van der Waals surface area contributed by atoms with Gasteiger partial charge in [0, 0.05) is 17.9 Å². The lowest BCUT2D eigenvalue weighted by molar-refractivity contribution is 0.0981. The number of nitrogens with one attached hydrogen (secondary N) is 1. The molecule has 1 aromatic carbocycles. The van der Waals surface area contributed by atoms with Crippen LogP contribution in [0, 0.1) is 12.8 Å². The second kappa shape index (κ2) is 4.67. The van der Waals surface area contributed by atoms with Crippen molar-refractivity contribution in [2.75, 3.05) is 17.2 Å². The van der Waals surface area contributed by atoms with Crippen molar-refractivity contribution in [3.05, 3.63) is 41.1 Å². The Morgan fingerprint density at radius 3 is 2.90 bits per heavy atom. The van der Waals surface area contributed by atoms with Gasteiger partial charge in [0.15, 0.2) is 5.82 Å². The molecule has 5 nitrogen and oxygen atoms in total. The Balaban J connectivity index is 2.05. The van der Waals surface area contributed by atoms with Crippen molar-refractivity contribution < 1.29 is 4.79 Å². The van der Waals surface area contributed by atoms with Crippen LogP contribution in [0.25, 0.3) is 0 Å². The van der Waals surface area contributed by atoms with E-state index in [1.807, 2.05) is 30.0 Å². The van der Waals surface area contributed by atoms with Crippen LogP contribution in [0.15, 0.2) is 24.3 Å². The second-order valence-electron chi connectivity index (χ2n) is 5.46. The van der Waals surface area contributed by atoms with Crippen LogP contribution in [-0.2, 0) is 6.42 Å². The third kappa shape index (κ3) is 1.95. The summed E-state index contributed by atoms with van der Waals surface area (Å²) in [4.78, 5) is 14.6. The van der Waals surface area contributed by atoms with Gasteiger partial charge in [-0.3, -0.25) is 9.89 Å². The number of aromatic amines is 1. The lowest BCUT2D eigenvalue weighted by Gasteiger charge is -2.33. The number of benzene rings is 1. The quantitative estimate of drug-likeness (QED) is 0.833. The number of para-hydroxylation sites is 1. The van der Waals surface area contributed by atoms with Gasteiger partial charge in [0.05, 0.1) is 0 Å². The van der Waals surface area contributed by atoms with E-state index in [1.165, 1.54) is 5.56 Å². The van der Waals surface area contributed by atoms with Crippen LogP contribution in [0.4, 0.5) is 11.5 Å². The number of hydrogen-bond acceptors (Lipinski definition) is 3. The first-order valence-corrected chi connectivity index (χ1v) is 6.78. The summed E-state index contributed by atoms with van der Waals surface area (Å²) in [5.41, 5.74) is 9.20. The molecule has 3 N–H and O–H groups in total. The minimum Gasteiger partial charge on any atom is -0.382 e. The Kier molecular flexibility index (Phi) is 2.97. The van der Waals surface area contributed by atoms with Crippen LogP contribution in [0.5, 0.6) is 0 Å². The van der Waals surface area contributed by atoms with Crippen molar-refractivity contribution in [1.29, 1.82) is 0 Å². The fraction of sp³-hybridized carbons (Fsp3) is 0.333. The molecule has 1 atom stereocenters. The summed E-state index contributed by atoms with van der Waals surface area (Å²) < 4.78 is 0. The van der Waals surface area contributed by atoms with Gasteiger partial charge in [-0.2, -0.15) is 5.10 Å². The molecule has 2 aromatic rings. The molecule has 1 aliphatic heterocycles. The molecule has 20 heavy (non-hydrogen) atoms. The molecule has 1 unspecified atom stereocenters. The highest BCUT2D eigenvalue weighted by Gasteiger charge is 2.29. The highest BCUT2D eigenvalue weighted by atomic mass is 16.2. The smallest absolute Gasteiger partial charge is 0.263 e. The molecule has 0 spiro atoms. The Hall–Kier alpha value is -2.30. The average molecular weight is 270 g/mol. The molecular formula is C15H18N4O. The summed E-state index contributed by atoms with van der Waals surface area (Å²) in [6, 6.07) is 8.04. The molecule has 5 heteroatoms. The van der Waals surface area contributed by atoms with E-state index >= 15 is 0 Å². The van der Waals surface area contributed by atoms with E-state index in [0.29, 0.717) is 23.7 Å². The summed E-state index contributed by atoms with van der Waals surface area (Å²) >= 11 is 0. The molecule has 0 bridgehead atoms. The van der Waals surface area contributed by atoms with Gasteiger partial charge in [0.25, 0.3) is 5.91 Å². The Morgan fingerprint density at radius 2 is 2.20 bits per heavy atom. The van der Waals surface area contributed by atoms with E-state index in [0.717, 1.165) is 12.1 Å². The number of carbonyl (C=O) groups excluding carboxylic acids is 1. The third-order valence-electron chi connectivity index (χ3n) is 3.78. The minimum absolute atomic E-state index is 0.0762. The van der Waals surface area contributed by atoms with E-state index in [2.05, 4.69) is 23.2 Å². The largest absolute Gasteiger partial charge is 0.382 e. The van der Waals surface area contributed by atoms with Crippen molar-refractivity contribution in [1.82, 2.24) is 10.2 Å². The lowest BCUT2D eigenvalue weighted by Crippen LogP contribution is -2.39. The Morgan fingerprint density at radius 1 is 1.45 bits per heavy atom. The number of aryl methyl sites for hydroxylation is 1. The second-order valence-corrected chi connectivity index (χ2v) is 5.46. The number of rotatable bonds is 1. The number of aromatic nitrogens is 2. The standard InChI is InChI=1S/C15H18N4O/c1-9-7-11-5-3-4-6-12(11)19(8-9)15(20)13-10(2)17-18-14(13)16/h3-6,9H,7-8H2,1-2H3,(H3,16,17,18). The zero-order chi connectivity index (χ0) is 14.3. The molecule has 1 amide bonds. The minimum atomic E-state index is -0.0762. The number of hydrogen-bond donors (Lipinski definition) is 2. The van der Waals surface area contributed by atoms with Gasteiger partial charge < -0.3 is 10.6 Å². The normalized spacial score (nSPS) is 17.9. The first-order chi connectivity index (χ1) is 9.58. The topological polar surface area (TPSA) is 75.0 Å². The summed E-state index contributed by atoms with van der Waals surface area (Å²) in [5, 5.41) is 6.68. The molecular weight excluding hydrogens is 252 g/mol. The van der Waals surface area contributed by atoms with E-state index in [4.69, 9.17) is 5.73 Å². The summed E-state index contributed by atoms with van der Waals surface area (Å²) in [5.74, 6) is 0.623. The number of nitrogens with zero attached hydrogens (tertiary/aromatic N) is 2. The van der Waals surface area contributed by atoms with Crippen LogP contribution in [0.2, 0.25) is 0 Å². The van der Waals surface area contributed by atoms with Crippen LogP contribution < -0.4 is 10.6 Å². The number of H-pyrrole nitrogens is 1. The molecule has 1 aromatic heterocycles. The zero-order valence-corrected chi connectivity index (χ0v) is 11.7. The molecule has 0 saturated carbocycles. The fourth-order valence-electron chi connectivity index (χ4n) is 2.84. The van der Waals surface area contributed by atoms with Crippen LogP contribution in [0.1, 0.15) is 28.5 Å². The Labute approximate surface area is 117 Å². The maximum absolute atomic E-state index is 12.8. The summed E-state index contributed by atoms with van der Waals surface area (Å²) in [7, 11) is 0. The molecule has 0 radical (unpaired) electrons. The van der Waals surface area contributed by atoms with Gasteiger partial charge in [-0.15, -0.1) is 0 Å². The first kappa shape index (κ1) is 12.7. The highest BCUT2D eigenvalue weighted by Crippen LogP contribution is 2.31. The van der Waals surface area contributed by atoms with Crippen LogP contribution in [0.3, 0.4) is 0 Å². The first-order valence-electron chi connectivity index (χ1n) is 6.78.